The number of thiazole rings is 1. The van der Waals surface area contributed by atoms with Crippen molar-refractivity contribution in [1.82, 2.24) is 15.0 Å². The Kier molecular flexibility index (Phi) is 1.94. The summed E-state index contributed by atoms with van der Waals surface area (Å²) in [5.74, 6) is 0.635. The van der Waals surface area contributed by atoms with Crippen LogP contribution in [-0.4, -0.2) is 20.7 Å². The zero-order chi connectivity index (χ0) is 9.26. The van der Waals surface area contributed by atoms with E-state index in [-0.39, 0.29) is 5.78 Å². The number of hydrogen-bond donors (Lipinski definition) is 1. The third-order valence-corrected chi connectivity index (χ3v) is 2.37. The van der Waals surface area contributed by atoms with Gasteiger partial charge in [0.2, 0.25) is 0 Å². The average molecular weight is 193 g/mol. The van der Waals surface area contributed by atoms with Crippen molar-refractivity contribution in [3.8, 4) is 10.8 Å². The smallest absolute Gasteiger partial charge is 0.177 e. The molecule has 0 unspecified atom stereocenters. The van der Waals surface area contributed by atoms with Gasteiger partial charge in [-0.05, 0) is 0 Å². The number of carbonyl (C=O) groups is 1. The zero-order valence-electron chi connectivity index (χ0n) is 6.94. The minimum atomic E-state index is -0.0182. The molecule has 4 nitrogen and oxygen atoms in total. The summed E-state index contributed by atoms with van der Waals surface area (Å²) >= 11 is 1.48. The maximum Gasteiger partial charge on any atom is 0.177 e. The van der Waals surface area contributed by atoms with Crippen LogP contribution < -0.4 is 0 Å². The van der Waals surface area contributed by atoms with E-state index in [0.717, 1.165) is 5.01 Å². The van der Waals surface area contributed by atoms with E-state index in [1.165, 1.54) is 24.5 Å². The van der Waals surface area contributed by atoms with Gasteiger partial charge < -0.3 is 4.98 Å². The molecule has 2 heterocycles. The standard InChI is InChI=1S/C8H7N3OS/c1-5(12)6-4-10-7(11-6)8-9-2-3-13-8/h2-4H,1H3,(H,10,11). The Morgan fingerprint density at radius 3 is 2.92 bits per heavy atom. The molecule has 2 rings (SSSR count). The number of Topliss-reactive ketones (excluding diaryl/α,β-unsaturated/α-hetero) is 1. The van der Waals surface area contributed by atoms with Gasteiger partial charge in [-0.25, -0.2) is 9.97 Å². The lowest BCUT2D eigenvalue weighted by molar-refractivity contribution is 0.101. The Morgan fingerprint density at radius 1 is 1.54 bits per heavy atom. The highest BCUT2D eigenvalue weighted by atomic mass is 32.1. The highest BCUT2D eigenvalue weighted by Gasteiger charge is 2.07. The fourth-order valence-corrected chi connectivity index (χ4v) is 1.54. The number of hydrogen-bond acceptors (Lipinski definition) is 4. The molecule has 0 aliphatic carbocycles. The summed E-state index contributed by atoms with van der Waals surface area (Å²) in [4.78, 5) is 22.0. The molecule has 2 aromatic rings. The van der Waals surface area contributed by atoms with Gasteiger partial charge in [0.1, 0.15) is 5.69 Å². The molecular formula is C8H7N3OS. The molecule has 0 amide bonds. The van der Waals surface area contributed by atoms with Crippen LogP contribution in [0.4, 0.5) is 0 Å². The van der Waals surface area contributed by atoms with Crippen LogP contribution in [0.1, 0.15) is 17.4 Å². The minimum absolute atomic E-state index is 0.0182. The second kappa shape index (κ2) is 3.10. The van der Waals surface area contributed by atoms with E-state index in [9.17, 15) is 4.79 Å². The molecule has 0 atom stereocenters. The van der Waals surface area contributed by atoms with Gasteiger partial charge in [-0.15, -0.1) is 11.3 Å². The Labute approximate surface area is 78.7 Å². The summed E-state index contributed by atoms with van der Waals surface area (Å²) in [6.07, 6.45) is 3.23. The van der Waals surface area contributed by atoms with E-state index < -0.39 is 0 Å². The molecule has 0 aliphatic heterocycles. The zero-order valence-corrected chi connectivity index (χ0v) is 7.76. The molecule has 0 radical (unpaired) electrons. The largest absolute Gasteiger partial charge is 0.334 e. The predicted molar refractivity (Wildman–Crippen MR) is 49.7 cm³/mol. The lowest BCUT2D eigenvalue weighted by Crippen LogP contribution is -1.90. The van der Waals surface area contributed by atoms with Crippen molar-refractivity contribution < 1.29 is 4.79 Å². The summed E-state index contributed by atoms with van der Waals surface area (Å²) in [5.41, 5.74) is 0.519. The fourth-order valence-electron chi connectivity index (χ4n) is 0.949. The van der Waals surface area contributed by atoms with Gasteiger partial charge in [-0.2, -0.15) is 0 Å². The van der Waals surface area contributed by atoms with Crippen molar-refractivity contribution in [2.45, 2.75) is 6.92 Å². The van der Waals surface area contributed by atoms with Gasteiger partial charge in [0, 0.05) is 18.5 Å². The van der Waals surface area contributed by atoms with Crippen LogP contribution in [0, 0.1) is 0 Å². The second-order valence-electron chi connectivity index (χ2n) is 2.54. The molecule has 66 valence electrons. The molecule has 0 spiro atoms. The van der Waals surface area contributed by atoms with E-state index in [1.54, 1.807) is 6.20 Å². The van der Waals surface area contributed by atoms with Gasteiger partial charge >= 0.3 is 0 Å². The fraction of sp³-hybridized carbons (Fsp3) is 0.125. The van der Waals surface area contributed by atoms with Crippen LogP contribution >= 0.6 is 11.3 Å². The summed E-state index contributed by atoms with van der Waals surface area (Å²) in [7, 11) is 0. The third kappa shape index (κ3) is 1.50. The van der Waals surface area contributed by atoms with Gasteiger partial charge in [-0.1, -0.05) is 0 Å². The molecule has 0 saturated heterocycles. The van der Waals surface area contributed by atoms with E-state index >= 15 is 0 Å². The van der Waals surface area contributed by atoms with Crippen LogP contribution in [0.2, 0.25) is 0 Å². The highest BCUT2D eigenvalue weighted by Crippen LogP contribution is 2.17. The Morgan fingerprint density at radius 2 is 2.38 bits per heavy atom. The summed E-state index contributed by atoms with van der Waals surface area (Å²) in [6, 6.07) is 0. The number of rotatable bonds is 2. The first kappa shape index (κ1) is 8.12. The quantitative estimate of drug-likeness (QED) is 0.739. The molecule has 1 N–H and O–H groups in total. The van der Waals surface area contributed by atoms with Crippen LogP contribution in [0.15, 0.2) is 17.8 Å². The molecule has 2 aromatic heterocycles. The maximum atomic E-state index is 10.9. The summed E-state index contributed by atoms with van der Waals surface area (Å²) in [6.45, 7) is 1.50. The predicted octanol–water partition coefficient (Wildman–Crippen LogP) is 1.74. The number of H-pyrrole nitrogens is 1. The van der Waals surface area contributed by atoms with Crippen molar-refractivity contribution in [1.29, 1.82) is 0 Å². The molecule has 0 bridgehead atoms. The van der Waals surface area contributed by atoms with Crippen LogP contribution in [0.25, 0.3) is 10.8 Å². The summed E-state index contributed by atoms with van der Waals surface area (Å²) < 4.78 is 0. The summed E-state index contributed by atoms with van der Waals surface area (Å²) in [5, 5.41) is 2.66. The van der Waals surface area contributed by atoms with Crippen LogP contribution in [0.5, 0.6) is 0 Å². The Hall–Kier alpha value is -1.49. The number of carbonyl (C=O) groups excluding carboxylic acids is 1. The molecule has 0 fully saturated rings. The highest BCUT2D eigenvalue weighted by molar-refractivity contribution is 7.13. The van der Waals surface area contributed by atoms with Crippen molar-refractivity contribution in [2.24, 2.45) is 0 Å². The normalized spacial score (nSPS) is 10.2. The number of ketones is 1. The molecular weight excluding hydrogens is 186 g/mol. The molecule has 13 heavy (non-hydrogen) atoms. The lowest BCUT2D eigenvalue weighted by Gasteiger charge is -1.87. The third-order valence-electron chi connectivity index (χ3n) is 1.59. The number of nitrogens with one attached hydrogen (secondary N) is 1. The Balaban J connectivity index is 2.39. The van der Waals surface area contributed by atoms with Gasteiger partial charge in [0.05, 0.1) is 6.20 Å². The van der Waals surface area contributed by atoms with E-state index in [4.69, 9.17) is 0 Å². The average Bonchev–Trinajstić information content (AvgIpc) is 2.75. The van der Waals surface area contributed by atoms with E-state index in [1.807, 2.05) is 5.38 Å². The number of nitrogens with zero attached hydrogens (tertiary/aromatic N) is 2. The molecule has 0 aromatic carbocycles. The first-order valence-electron chi connectivity index (χ1n) is 3.73. The minimum Gasteiger partial charge on any atom is -0.334 e. The second-order valence-corrected chi connectivity index (χ2v) is 3.43. The van der Waals surface area contributed by atoms with Gasteiger partial charge in [-0.3, -0.25) is 4.79 Å². The molecule has 0 saturated carbocycles. The topological polar surface area (TPSA) is 58.6 Å². The first-order chi connectivity index (χ1) is 6.27. The van der Waals surface area contributed by atoms with E-state index in [2.05, 4.69) is 15.0 Å². The number of aromatic amines is 1. The van der Waals surface area contributed by atoms with Crippen molar-refractivity contribution >= 4 is 17.1 Å². The van der Waals surface area contributed by atoms with Crippen LogP contribution in [0.3, 0.4) is 0 Å². The van der Waals surface area contributed by atoms with E-state index in [0.29, 0.717) is 11.5 Å². The van der Waals surface area contributed by atoms with Gasteiger partial charge in [0.25, 0.3) is 0 Å². The van der Waals surface area contributed by atoms with Crippen molar-refractivity contribution in [3.05, 3.63) is 23.5 Å². The van der Waals surface area contributed by atoms with Crippen molar-refractivity contribution in [3.63, 3.8) is 0 Å². The van der Waals surface area contributed by atoms with Gasteiger partial charge in [0.15, 0.2) is 16.6 Å². The number of imidazole rings is 1. The lowest BCUT2D eigenvalue weighted by atomic mass is 10.3. The molecule has 0 aliphatic rings. The SMILES string of the molecule is CC(=O)c1cnc(-c2nccs2)[nH]1. The monoisotopic (exact) mass is 193 g/mol. The van der Waals surface area contributed by atoms with Crippen LogP contribution in [-0.2, 0) is 0 Å². The molecule has 5 heteroatoms. The first-order valence-corrected chi connectivity index (χ1v) is 4.61. The van der Waals surface area contributed by atoms with Crippen molar-refractivity contribution in [2.75, 3.05) is 0 Å². The Bertz CT molecular complexity index is 418. The maximum absolute atomic E-state index is 10.9. The number of aromatic nitrogens is 3.